The van der Waals surface area contributed by atoms with Gasteiger partial charge in [0.25, 0.3) is 0 Å². The zero-order valence-corrected chi connectivity index (χ0v) is 8.11. The molecule has 1 aliphatic heterocycles. The summed E-state index contributed by atoms with van der Waals surface area (Å²) in [5.74, 6) is -0.813. The first kappa shape index (κ1) is 9.49. The highest BCUT2D eigenvalue weighted by Crippen LogP contribution is 2.30. The molecule has 1 amide bonds. The van der Waals surface area contributed by atoms with Crippen LogP contribution in [0.2, 0.25) is 0 Å². The average molecular weight is 197 g/mol. The molecular formula is C10H15NO3. The van der Waals surface area contributed by atoms with Crippen molar-refractivity contribution < 1.29 is 14.7 Å². The Morgan fingerprint density at radius 2 is 1.93 bits per heavy atom. The molecule has 1 saturated carbocycles. The molecule has 1 saturated heterocycles. The van der Waals surface area contributed by atoms with Crippen LogP contribution in [0.4, 0.5) is 0 Å². The molecule has 0 aromatic rings. The molecule has 0 spiro atoms. The summed E-state index contributed by atoms with van der Waals surface area (Å²) in [7, 11) is 0. The van der Waals surface area contributed by atoms with Crippen LogP contribution in [-0.2, 0) is 9.59 Å². The summed E-state index contributed by atoms with van der Waals surface area (Å²) >= 11 is 0. The lowest BCUT2D eigenvalue weighted by atomic mass is 10.1. The van der Waals surface area contributed by atoms with E-state index in [4.69, 9.17) is 5.11 Å². The minimum absolute atomic E-state index is 0.0318. The maximum absolute atomic E-state index is 11.5. The fourth-order valence-corrected chi connectivity index (χ4v) is 2.59. The Hall–Kier alpha value is -1.06. The molecule has 78 valence electrons. The van der Waals surface area contributed by atoms with Crippen molar-refractivity contribution in [3.05, 3.63) is 0 Å². The molecule has 0 bridgehead atoms. The molecule has 1 atom stereocenters. The average Bonchev–Trinajstić information content (AvgIpc) is 2.71. The van der Waals surface area contributed by atoms with Gasteiger partial charge in [-0.25, -0.2) is 4.79 Å². The highest BCUT2D eigenvalue weighted by Gasteiger charge is 2.40. The van der Waals surface area contributed by atoms with Crippen molar-refractivity contribution >= 4 is 11.9 Å². The number of carbonyl (C=O) groups is 2. The van der Waals surface area contributed by atoms with Crippen molar-refractivity contribution in [1.29, 1.82) is 0 Å². The maximum atomic E-state index is 11.5. The predicted molar refractivity (Wildman–Crippen MR) is 49.8 cm³/mol. The molecule has 2 rings (SSSR count). The molecule has 2 aliphatic rings. The smallest absolute Gasteiger partial charge is 0.326 e. The zero-order valence-electron chi connectivity index (χ0n) is 8.11. The number of amides is 1. The number of likely N-dealkylation sites (tertiary alicyclic amines) is 1. The molecule has 0 unspecified atom stereocenters. The number of aliphatic carboxylic acids is 1. The monoisotopic (exact) mass is 197 g/mol. The Morgan fingerprint density at radius 1 is 1.29 bits per heavy atom. The highest BCUT2D eigenvalue weighted by atomic mass is 16.4. The number of rotatable bonds is 2. The van der Waals surface area contributed by atoms with Crippen LogP contribution in [-0.4, -0.2) is 34.0 Å². The van der Waals surface area contributed by atoms with Gasteiger partial charge >= 0.3 is 5.97 Å². The lowest BCUT2D eigenvalue weighted by molar-refractivity contribution is -0.147. The van der Waals surface area contributed by atoms with E-state index in [0.29, 0.717) is 12.8 Å². The normalized spacial score (nSPS) is 28.7. The molecule has 0 aromatic heterocycles. The molecule has 1 heterocycles. The van der Waals surface area contributed by atoms with E-state index in [1.807, 2.05) is 0 Å². The van der Waals surface area contributed by atoms with Crippen molar-refractivity contribution in [2.75, 3.05) is 0 Å². The van der Waals surface area contributed by atoms with Gasteiger partial charge in [0.05, 0.1) is 0 Å². The van der Waals surface area contributed by atoms with Crippen LogP contribution < -0.4 is 0 Å². The van der Waals surface area contributed by atoms with Gasteiger partial charge in [0.1, 0.15) is 6.04 Å². The van der Waals surface area contributed by atoms with Crippen LogP contribution in [0.1, 0.15) is 38.5 Å². The third kappa shape index (κ3) is 1.49. The van der Waals surface area contributed by atoms with Crippen LogP contribution in [0.25, 0.3) is 0 Å². The van der Waals surface area contributed by atoms with Gasteiger partial charge in [-0.1, -0.05) is 12.8 Å². The van der Waals surface area contributed by atoms with E-state index in [9.17, 15) is 9.59 Å². The minimum Gasteiger partial charge on any atom is -0.480 e. The van der Waals surface area contributed by atoms with Crippen molar-refractivity contribution in [3.63, 3.8) is 0 Å². The van der Waals surface area contributed by atoms with E-state index in [2.05, 4.69) is 0 Å². The molecule has 14 heavy (non-hydrogen) atoms. The number of carboxylic acids is 1. The summed E-state index contributed by atoms with van der Waals surface area (Å²) in [4.78, 5) is 24.1. The van der Waals surface area contributed by atoms with Crippen LogP contribution >= 0.6 is 0 Å². The van der Waals surface area contributed by atoms with Crippen LogP contribution in [0.15, 0.2) is 0 Å². The number of hydrogen-bond donors (Lipinski definition) is 1. The fourth-order valence-electron chi connectivity index (χ4n) is 2.59. The summed E-state index contributed by atoms with van der Waals surface area (Å²) in [5.41, 5.74) is 0. The van der Waals surface area contributed by atoms with E-state index in [1.54, 1.807) is 4.90 Å². The second-order valence-corrected chi connectivity index (χ2v) is 4.13. The van der Waals surface area contributed by atoms with Crippen molar-refractivity contribution in [1.82, 2.24) is 4.90 Å². The minimum atomic E-state index is -0.845. The fraction of sp³-hybridized carbons (Fsp3) is 0.800. The Bertz CT molecular complexity index is 258. The maximum Gasteiger partial charge on any atom is 0.326 e. The van der Waals surface area contributed by atoms with Gasteiger partial charge in [0.15, 0.2) is 0 Å². The number of carboxylic acid groups (broad SMARTS) is 1. The van der Waals surface area contributed by atoms with Crippen LogP contribution in [0.3, 0.4) is 0 Å². The van der Waals surface area contributed by atoms with Crippen molar-refractivity contribution in [2.45, 2.75) is 50.6 Å². The van der Waals surface area contributed by atoms with Crippen LogP contribution in [0, 0.1) is 0 Å². The van der Waals surface area contributed by atoms with E-state index >= 15 is 0 Å². The van der Waals surface area contributed by atoms with Crippen molar-refractivity contribution in [3.8, 4) is 0 Å². The van der Waals surface area contributed by atoms with Gasteiger partial charge in [0.2, 0.25) is 5.91 Å². The quantitative estimate of drug-likeness (QED) is 0.718. The van der Waals surface area contributed by atoms with E-state index in [1.165, 1.54) is 0 Å². The van der Waals surface area contributed by atoms with E-state index in [0.717, 1.165) is 25.7 Å². The summed E-state index contributed by atoms with van der Waals surface area (Å²) < 4.78 is 0. The van der Waals surface area contributed by atoms with Gasteiger partial charge in [-0.2, -0.15) is 0 Å². The highest BCUT2D eigenvalue weighted by molar-refractivity contribution is 5.87. The Labute approximate surface area is 82.9 Å². The number of hydrogen-bond acceptors (Lipinski definition) is 2. The number of carbonyl (C=O) groups excluding carboxylic acids is 1. The Balaban J connectivity index is 2.12. The van der Waals surface area contributed by atoms with Gasteiger partial charge in [-0.05, 0) is 19.3 Å². The largest absolute Gasteiger partial charge is 0.480 e. The molecule has 1 aliphatic carbocycles. The zero-order chi connectivity index (χ0) is 10.1. The van der Waals surface area contributed by atoms with Crippen molar-refractivity contribution in [2.24, 2.45) is 0 Å². The van der Waals surface area contributed by atoms with E-state index in [-0.39, 0.29) is 11.9 Å². The first-order valence-corrected chi connectivity index (χ1v) is 5.24. The third-order valence-corrected chi connectivity index (χ3v) is 3.26. The van der Waals surface area contributed by atoms with Gasteiger partial charge < -0.3 is 10.0 Å². The summed E-state index contributed by atoms with van der Waals surface area (Å²) in [5, 5.41) is 8.97. The first-order chi connectivity index (χ1) is 6.70. The Morgan fingerprint density at radius 3 is 2.50 bits per heavy atom. The molecule has 1 N–H and O–H groups in total. The van der Waals surface area contributed by atoms with Crippen LogP contribution in [0.5, 0.6) is 0 Å². The lowest BCUT2D eigenvalue weighted by Crippen LogP contribution is -2.44. The summed E-state index contributed by atoms with van der Waals surface area (Å²) in [6.07, 6.45) is 5.12. The van der Waals surface area contributed by atoms with Gasteiger partial charge in [-0.3, -0.25) is 4.79 Å². The van der Waals surface area contributed by atoms with Gasteiger partial charge in [0, 0.05) is 12.5 Å². The number of nitrogens with zero attached hydrogens (tertiary/aromatic N) is 1. The van der Waals surface area contributed by atoms with Gasteiger partial charge in [-0.15, -0.1) is 0 Å². The molecular weight excluding hydrogens is 182 g/mol. The third-order valence-electron chi connectivity index (χ3n) is 3.26. The molecule has 0 radical (unpaired) electrons. The topological polar surface area (TPSA) is 57.6 Å². The molecule has 4 heteroatoms. The molecule has 2 fully saturated rings. The Kier molecular flexibility index (Phi) is 2.44. The predicted octanol–water partition coefficient (Wildman–Crippen LogP) is 1.00. The lowest BCUT2D eigenvalue weighted by Gasteiger charge is -2.28. The van der Waals surface area contributed by atoms with E-state index < -0.39 is 12.0 Å². The standard InChI is InChI=1S/C10H15NO3/c12-9-6-5-8(10(13)14)11(9)7-3-1-2-4-7/h7-8H,1-6H2,(H,13,14)/t8-/m0/s1. The summed E-state index contributed by atoms with van der Waals surface area (Å²) in [6.45, 7) is 0. The second-order valence-electron chi connectivity index (χ2n) is 4.13. The molecule has 0 aromatic carbocycles. The first-order valence-electron chi connectivity index (χ1n) is 5.24. The second kappa shape index (κ2) is 3.59. The summed E-state index contributed by atoms with van der Waals surface area (Å²) in [6, 6.07) is -0.350. The SMILES string of the molecule is O=C(O)[C@@H]1CCC(=O)N1C1CCCC1. The molecule has 4 nitrogen and oxygen atoms in total.